The first-order valence-electron chi connectivity index (χ1n) is 9.81. The Kier molecular flexibility index (Phi) is 6.55. The van der Waals surface area contributed by atoms with Crippen molar-refractivity contribution in [2.45, 2.75) is 6.61 Å². The van der Waals surface area contributed by atoms with E-state index in [0.29, 0.717) is 11.3 Å². The van der Waals surface area contributed by atoms with E-state index in [9.17, 15) is 4.79 Å². The average molecular weight is 428 g/mol. The number of carbonyl (C=O) groups excluding carboxylic acids is 1. The Morgan fingerprint density at radius 1 is 0.935 bits per heavy atom. The Labute approximate surface area is 185 Å². The topological polar surface area (TPSA) is 48.4 Å². The van der Waals surface area contributed by atoms with E-state index in [2.05, 4.69) is 4.98 Å². The standard InChI is InChI=1S/C26H21NO3S/c1-29-24-15-9-8-14-21(24)16-23(19-10-4-2-5-11-19)26(28)30-17-22-18-31-25(27-22)20-12-6-3-7-13-20/h2-16,18H,17H2,1H3. The predicted octanol–water partition coefficient (Wildman–Crippen LogP) is 6.10. The predicted molar refractivity (Wildman–Crippen MR) is 125 cm³/mol. The van der Waals surface area contributed by atoms with Crippen LogP contribution in [0.5, 0.6) is 5.75 Å². The van der Waals surface area contributed by atoms with Gasteiger partial charge in [0.15, 0.2) is 0 Å². The maximum Gasteiger partial charge on any atom is 0.339 e. The number of benzene rings is 3. The molecule has 0 amide bonds. The van der Waals surface area contributed by atoms with Crippen molar-refractivity contribution in [3.63, 3.8) is 0 Å². The fraction of sp³-hybridized carbons (Fsp3) is 0.0769. The number of para-hydroxylation sites is 1. The zero-order valence-corrected chi connectivity index (χ0v) is 17.8. The molecule has 0 unspecified atom stereocenters. The highest BCUT2D eigenvalue weighted by Gasteiger charge is 2.16. The average Bonchev–Trinajstić information content (AvgIpc) is 3.31. The number of nitrogens with zero attached hydrogens (tertiary/aromatic N) is 1. The summed E-state index contributed by atoms with van der Waals surface area (Å²) < 4.78 is 11.1. The van der Waals surface area contributed by atoms with Gasteiger partial charge in [-0.3, -0.25) is 0 Å². The van der Waals surface area contributed by atoms with Gasteiger partial charge in [-0.1, -0.05) is 78.9 Å². The molecule has 0 aliphatic rings. The highest BCUT2D eigenvalue weighted by atomic mass is 32.1. The van der Waals surface area contributed by atoms with E-state index < -0.39 is 5.97 Å². The number of rotatable bonds is 7. The molecular formula is C26H21NO3S. The van der Waals surface area contributed by atoms with Gasteiger partial charge in [0.25, 0.3) is 0 Å². The zero-order chi connectivity index (χ0) is 21.5. The summed E-state index contributed by atoms with van der Waals surface area (Å²) in [5.41, 5.74) is 3.82. The van der Waals surface area contributed by atoms with E-state index in [-0.39, 0.29) is 6.61 Å². The quantitative estimate of drug-likeness (QED) is 0.203. The maximum atomic E-state index is 13.0. The molecule has 1 heterocycles. The summed E-state index contributed by atoms with van der Waals surface area (Å²) in [7, 11) is 1.61. The first-order chi connectivity index (χ1) is 15.2. The molecule has 0 saturated carbocycles. The smallest absolute Gasteiger partial charge is 0.339 e. The number of hydrogen-bond donors (Lipinski definition) is 0. The zero-order valence-electron chi connectivity index (χ0n) is 17.0. The first-order valence-corrected chi connectivity index (χ1v) is 10.7. The Bertz CT molecular complexity index is 1180. The lowest BCUT2D eigenvalue weighted by Crippen LogP contribution is -2.08. The van der Waals surface area contributed by atoms with Gasteiger partial charge in [0.2, 0.25) is 0 Å². The molecule has 0 radical (unpaired) electrons. The molecule has 4 aromatic rings. The molecule has 3 aromatic carbocycles. The van der Waals surface area contributed by atoms with Gasteiger partial charge in [-0.15, -0.1) is 11.3 Å². The van der Waals surface area contributed by atoms with Crippen LogP contribution in [0.25, 0.3) is 22.2 Å². The van der Waals surface area contributed by atoms with Gasteiger partial charge in [-0.25, -0.2) is 9.78 Å². The molecule has 0 saturated heterocycles. The van der Waals surface area contributed by atoms with Crippen molar-refractivity contribution in [3.8, 4) is 16.3 Å². The molecule has 1 aromatic heterocycles. The van der Waals surface area contributed by atoms with Crippen LogP contribution in [-0.4, -0.2) is 18.1 Å². The van der Waals surface area contributed by atoms with E-state index in [4.69, 9.17) is 9.47 Å². The van der Waals surface area contributed by atoms with Crippen LogP contribution in [0.1, 0.15) is 16.8 Å². The summed E-state index contributed by atoms with van der Waals surface area (Å²) >= 11 is 1.53. The van der Waals surface area contributed by atoms with Crippen molar-refractivity contribution in [3.05, 3.63) is 107 Å². The lowest BCUT2D eigenvalue weighted by molar-refractivity contribution is -0.137. The second-order valence-corrected chi connectivity index (χ2v) is 7.61. The lowest BCUT2D eigenvalue weighted by Gasteiger charge is -2.10. The summed E-state index contributed by atoms with van der Waals surface area (Å²) in [6, 6.07) is 27.0. The number of carbonyl (C=O) groups is 1. The lowest BCUT2D eigenvalue weighted by atomic mass is 10.0. The van der Waals surface area contributed by atoms with Crippen molar-refractivity contribution < 1.29 is 14.3 Å². The van der Waals surface area contributed by atoms with E-state index in [1.807, 2.05) is 90.3 Å². The molecule has 31 heavy (non-hydrogen) atoms. The van der Waals surface area contributed by atoms with Crippen molar-refractivity contribution in [1.82, 2.24) is 4.98 Å². The van der Waals surface area contributed by atoms with Crippen LogP contribution in [0.3, 0.4) is 0 Å². The van der Waals surface area contributed by atoms with Gasteiger partial charge < -0.3 is 9.47 Å². The fourth-order valence-electron chi connectivity index (χ4n) is 3.12. The molecule has 0 N–H and O–H groups in total. The van der Waals surface area contributed by atoms with Gasteiger partial charge in [0.05, 0.1) is 18.4 Å². The molecular weight excluding hydrogens is 406 g/mol. The summed E-state index contributed by atoms with van der Waals surface area (Å²) in [6.07, 6.45) is 1.80. The molecule has 4 nitrogen and oxygen atoms in total. The third-order valence-electron chi connectivity index (χ3n) is 4.67. The van der Waals surface area contributed by atoms with Crippen LogP contribution in [0.15, 0.2) is 90.3 Å². The monoisotopic (exact) mass is 427 g/mol. The SMILES string of the molecule is COc1ccccc1C=C(C(=O)OCc1csc(-c2ccccc2)n1)c1ccccc1. The van der Waals surface area contributed by atoms with Crippen LogP contribution in [0, 0.1) is 0 Å². The molecule has 5 heteroatoms. The highest BCUT2D eigenvalue weighted by Crippen LogP contribution is 2.27. The van der Waals surface area contributed by atoms with Gasteiger partial charge in [0, 0.05) is 16.5 Å². The Morgan fingerprint density at radius 2 is 1.61 bits per heavy atom. The van der Waals surface area contributed by atoms with Crippen molar-refractivity contribution in [2.24, 2.45) is 0 Å². The minimum absolute atomic E-state index is 0.109. The minimum atomic E-state index is -0.411. The van der Waals surface area contributed by atoms with Gasteiger partial charge in [-0.05, 0) is 17.7 Å². The summed E-state index contributed by atoms with van der Waals surface area (Å²) in [4.78, 5) is 17.6. The third kappa shape index (κ3) is 5.08. The number of aromatic nitrogens is 1. The highest BCUT2D eigenvalue weighted by molar-refractivity contribution is 7.13. The van der Waals surface area contributed by atoms with Crippen LogP contribution in [0.2, 0.25) is 0 Å². The van der Waals surface area contributed by atoms with Crippen LogP contribution in [-0.2, 0) is 16.1 Å². The molecule has 0 bridgehead atoms. The largest absolute Gasteiger partial charge is 0.496 e. The number of ether oxygens (including phenoxy) is 2. The van der Waals surface area contributed by atoms with E-state index in [0.717, 1.165) is 27.4 Å². The van der Waals surface area contributed by atoms with Gasteiger partial charge in [-0.2, -0.15) is 0 Å². The summed E-state index contributed by atoms with van der Waals surface area (Å²) in [5.74, 6) is 0.280. The number of thiazole rings is 1. The van der Waals surface area contributed by atoms with Crippen molar-refractivity contribution >= 4 is 29.0 Å². The molecule has 0 aliphatic carbocycles. The molecule has 0 atom stereocenters. The summed E-state index contributed by atoms with van der Waals surface area (Å²) in [5, 5.41) is 2.82. The second kappa shape index (κ2) is 9.87. The Balaban J connectivity index is 1.56. The molecule has 4 rings (SSSR count). The molecule has 0 fully saturated rings. The van der Waals surface area contributed by atoms with Crippen molar-refractivity contribution in [2.75, 3.05) is 7.11 Å². The van der Waals surface area contributed by atoms with Gasteiger partial charge in [0.1, 0.15) is 17.4 Å². The molecule has 0 aliphatic heterocycles. The second-order valence-electron chi connectivity index (χ2n) is 6.75. The van der Waals surface area contributed by atoms with E-state index in [1.54, 1.807) is 13.2 Å². The fourth-order valence-corrected chi connectivity index (χ4v) is 3.93. The molecule has 0 spiro atoms. The van der Waals surface area contributed by atoms with Crippen LogP contribution >= 0.6 is 11.3 Å². The van der Waals surface area contributed by atoms with Crippen LogP contribution in [0.4, 0.5) is 0 Å². The number of esters is 1. The Morgan fingerprint density at radius 3 is 2.35 bits per heavy atom. The van der Waals surface area contributed by atoms with Crippen molar-refractivity contribution in [1.29, 1.82) is 0 Å². The summed E-state index contributed by atoms with van der Waals surface area (Å²) in [6.45, 7) is 0.109. The third-order valence-corrected chi connectivity index (χ3v) is 5.61. The normalized spacial score (nSPS) is 11.2. The Hall–Kier alpha value is -3.70. The van der Waals surface area contributed by atoms with Gasteiger partial charge >= 0.3 is 5.97 Å². The molecule has 154 valence electrons. The number of hydrogen-bond acceptors (Lipinski definition) is 5. The van der Waals surface area contributed by atoms with E-state index in [1.165, 1.54) is 11.3 Å². The van der Waals surface area contributed by atoms with Crippen LogP contribution < -0.4 is 4.74 Å². The first kappa shape index (κ1) is 20.6. The minimum Gasteiger partial charge on any atom is -0.496 e. The number of methoxy groups -OCH3 is 1. The maximum absolute atomic E-state index is 13.0. The van der Waals surface area contributed by atoms with E-state index >= 15 is 0 Å².